The van der Waals surface area contributed by atoms with Gasteiger partial charge in [-0.25, -0.2) is 0 Å². The van der Waals surface area contributed by atoms with Crippen LogP contribution in [0.5, 0.6) is 11.5 Å². The van der Waals surface area contributed by atoms with Gasteiger partial charge in [-0.1, -0.05) is 66.2 Å². The number of ether oxygens (including phenoxy) is 2. The van der Waals surface area contributed by atoms with Crippen molar-refractivity contribution in [2.24, 2.45) is 5.73 Å². The topological polar surface area (TPSA) is 151 Å². The SMILES string of the molecule is Cc1c(COc2cc(OCc3cncc(C#N)c3)c(CN[C@@](C)(CO)C(=O)O)cc2Cl)cccc1-c1cccc(-c2ccc3c(c2)C[C@H](N)C3)c1C. The first-order valence-electron chi connectivity index (χ1n) is 17.1. The van der Waals surface area contributed by atoms with Gasteiger partial charge in [0, 0.05) is 42.2 Å². The highest BCUT2D eigenvalue weighted by Gasteiger charge is 2.32. The average molecular weight is 717 g/mol. The fourth-order valence-electron chi connectivity index (χ4n) is 6.58. The Balaban J connectivity index is 1.26. The number of nitriles is 1. The van der Waals surface area contributed by atoms with Gasteiger partial charge >= 0.3 is 5.97 Å². The lowest BCUT2D eigenvalue weighted by molar-refractivity contribution is -0.145. The molecule has 5 N–H and O–H groups in total. The van der Waals surface area contributed by atoms with E-state index in [1.807, 2.05) is 12.1 Å². The molecule has 0 spiro atoms. The zero-order valence-electron chi connectivity index (χ0n) is 29.4. The maximum Gasteiger partial charge on any atom is 0.326 e. The Morgan fingerprint density at radius 1 is 0.942 bits per heavy atom. The van der Waals surface area contributed by atoms with Crippen molar-refractivity contribution in [2.45, 2.75) is 65.0 Å². The first-order valence-corrected chi connectivity index (χ1v) is 17.4. The second kappa shape index (κ2) is 15.6. The number of rotatable bonds is 13. The van der Waals surface area contributed by atoms with E-state index in [0.717, 1.165) is 35.1 Å². The molecule has 2 atom stereocenters. The Kier molecular flexibility index (Phi) is 10.9. The molecule has 9 nitrogen and oxygen atoms in total. The Hall–Kier alpha value is -5.24. The Morgan fingerprint density at radius 3 is 2.40 bits per heavy atom. The Bertz CT molecular complexity index is 2180. The molecule has 0 aliphatic heterocycles. The largest absolute Gasteiger partial charge is 0.488 e. The first-order chi connectivity index (χ1) is 25.0. The minimum Gasteiger partial charge on any atom is -0.488 e. The predicted octanol–water partition coefficient (Wildman–Crippen LogP) is 7.07. The summed E-state index contributed by atoms with van der Waals surface area (Å²) in [4.78, 5) is 15.9. The number of nitrogens with one attached hydrogen (secondary N) is 1. The van der Waals surface area contributed by atoms with Crippen molar-refractivity contribution in [2.75, 3.05) is 6.61 Å². The van der Waals surface area contributed by atoms with E-state index in [4.69, 9.17) is 26.8 Å². The van der Waals surface area contributed by atoms with E-state index in [-0.39, 0.29) is 25.8 Å². The molecule has 0 bridgehead atoms. The van der Waals surface area contributed by atoms with Crippen LogP contribution in [-0.2, 0) is 37.4 Å². The van der Waals surface area contributed by atoms with Crippen LogP contribution in [0.4, 0.5) is 0 Å². The van der Waals surface area contributed by atoms with Gasteiger partial charge in [0.1, 0.15) is 36.3 Å². The number of benzene rings is 4. The Labute approximate surface area is 308 Å². The van der Waals surface area contributed by atoms with Gasteiger partial charge in [0.05, 0.1) is 17.2 Å². The van der Waals surface area contributed by atoms with Gasteiger partial charge in [-0.2, -0.15) is 5.26 Å². The monoisotopic (exact) mass is 716 g/mol. The van der Waals surface area contributed by atoms with Crippen LogP contribution in [0.25, 0.3) is 22.3 Å². The predicted molar refractivity (Wildman–Crippen MR) is 201 cm³/mol. The van der Waals surface area contributed by atoms with Gasteiger partial charge in [-0.15, -0.1) is 0 Å². The number of halogens is 1. The summed E-state index contributed by atoms with van der Waals surface area (Å²) in [7, 11) is 0. The molecular formula is C42H41ClN4O5. The van der Waals surface area contributed by atoms with E-state index < -0.39 is 18.1 Å². The number of nitrogens with zero attached hydrogens (tertiary/aromatic N) is 2. The van der Waals surface area contributed by atoms with Gasteiger partial charge in [0.2, 0.25) is 0 Å². The second-order valence-electron chi connectivity index (χ2n) is 13.5. The molecule has 52 heavy (non-hydrogen) atoms. The summed E-state index contributed by atoms with van der Waals surface area (Å²) in [5.41, 5.74) is 16.8. The molecule has 0 amide bonds. The molecular weight excluding hydrogens is 676 g/mol. The summed E-state index contributed by atoms with van der Waals surface area (Å²) in [6.45, 7) is 5.38. The molecule has 0 radical (unpaired) electrons. The third-order valence-corrected chi connectivity index (χ3v) is 10.1. The van der Waals surface area contributed by atoms with E-state index in [1.165, 1.54) is 40.9 Å². The standard InChI is InChI=1S/C42H41ClN4O5/c1-25-31(6-4-8-36(25)37-9-5-7-35(26(37)2)30-11-10-29-14-34(45)15-32(29)13-30)23-52-40-17-39(51-22-28-12-27(18-44)19-46-20-28)33(16-38(40)43)21-47-42(3,24-48)41(49)50/h4-13,16-17,19-20,34,47-48H,14-15,21-24,45H2,1-3H3,(H,49,50)/t34-,42+/m1/s1. The van der Waals surface area contributed by atoms with Crippen molar-refractivity contribution in [1.29, 1.82) is 5.26 Å². The zero-order valence-corrected chi connectivity index (χ0v) is 30.1. The smallest absolute Gasteiger partial charge is 0.326 e. The summed E-state index contributed by atoms with van der Waals surface area (Å²) in [5.74, 6) is -0.422. The van der Waals surface area contributed by atoms with Crippen LogP contribution in [0.2, 0.25) is 5.02 Å². The number of fused-ring (bicyclic) bond motifs is 1. The summed E-state index contributed by atoms with van der Waals surface area (Å²) in [6, 6.07) is 26.6. The van der Waals surface area contributed by atoms with Crippen LogP contribution < -0.4 is 20.5 Å². The summed E-state index contributed by atoms with van der Waals surface area (Å²) in [6.07, 6.45) is 4.90. The average Bonchev–Trinajstić information content (AvgIpc) is 3.52. The maximum absolute atomic E-state index is 11.8. The lowest BCUT2D eigenvalue weighted by Gasteiger charge is -2.25. The fraction of sp³-hybridized carbons (Fsp3) is 0.262. The molecule has 0 saturated heterocycles. The molecule has 1 aromatic heterocycles. The van der Waals surface area contributed by atoms with Crippen molar-refractivity contribution in [3.8, 4) is 39.8 Å². The minimum atomic E-state index is -1.58. The molecule has 6 rings (SSSR count). The number of hydrogen-bond acceptors (Lipinski definition) is 8. The lowest BCUT2D eigenvalue weighted by atomic mass is 9.89. The second-order valence-corrected chi connectivity index (χ2v) is 13.9. The number of hydrogen-bond donors (Lipinski definition) is 4. The van der Waals surface area contributed by atoms with Crippen LogP contribution >= 0.6 is 11.6 Å². The highest BCUT2D eigenvalue weighted by Crippen LogP contribution is 2.38. The van der Waals surface area contributed by atoms with E-state index >= 15 is 0 Å². The summed E-state index contributed by atoms with van der Waals surface area (Å²) >= 11 is 6.75. The maximum atomic E-state index is 11.8. The number of carboxylic acid groups (broad SMARTS) is 1. The van der Waals surface area contributed by atoms with E-state index in [0.29, 0.717) is 33.2 Å². The number of nitrogens with two attached hydrogens (primary N) is 1. The van der Waals surface area contributed by atoms with Gasteiger partial charge in [-0.3, -0.25) is 15.1 Å². The zero-order chi connectivity index (χ0) is 37.0. The number of aliphatic carboxylic acids is 1. The molecule has 10 heteroatoms. The minimum absolute atomic E-state index is 0.0355. The molecule has 1 heterocycles. The molecule has 1 aliphatic rings. The van der Waals surface area contributed by atoms with Gasteiger partial charge in [0.15, 0.2) is 0 Å². The van der Waals surface area contributed by atoms with Crippen molar-refractivity contribution in [3.63, 3.8) is 0 Å². The number of pyridine rings is 1. The number of aliphatic hydroxyl groups is 1. The molecule has 4 aromatic carbocycles. The van der Waals surface area contributed by atoms with E-state index in [9.17, 15) is 20.3 Å². The van der Waals surface area contributed by atoms with Crippen molar-refractivity contribution in [3.05, 3.63) is 135 Å². The van der Waals surface area contributed by atoms with Crippen molar-refractivity contribution >= 4 is 17.6 Å². The molecule has 0 saturated carbocycles. The molecule has 266 valence electrons. The fourth-order valence-corrected chi connectivity index (χ4v) is 6.83. The quantitative estimate of drug-likeness (QED) is 0.100. The highest BCUT2D eigenvalue weighted by atomic mass is 35.5. The molecule has 1 aliphatic carbocycles. The molecule has 0 unspecified atom stereocenters. The first kappa shape index (κ1) is 36.5. The van der Waals surface area contributed by atoms with Gasteiger partial charge < -0.3 is 25.4 Å². The third-order valence-electron chi connectivity index (χ3n) is 9.83. The van der Waals surface area contributed by atoms with Crippen LogP contribution in [0.15, 0.2) is 85.2 Å². The van der Waals surface area contributed by atoms with Crippen LogP contribution in [-0.4, -0.2) is 39.4 Å². The number of aromatic nitrogens is 1. The molecule has 5 aromatic rings. The number of aliphatic hydroxyl groups excluding tert-OH is 1. The third kappa shape index (κ3) is 7.81. The van der Waals surface area contributed by atoms with Gasteiger partial charge in [0.25, 0.3) is 0 Å². The van der Waals surface area contributed by atoms with E-state index in [2.05, 4.69) is 72.7 Å². The summed E-state index contributed by atoms with van der Waals surface area (Å²) < 4.78 is 12.5. The Morgan fingerprint density at radius 2 is 1.65 bits per heavy atom. The molecule has 0 fully saturated rings. The van der Waals surface area contributed by atoms with E-state index in [1.54, 1.807) is 24.4 Å². The summed E-state index contributed by atoms with van der Waals surface area (Å²) in [5, 5.41) is 31.9. The van der Waals surface area contributed by atoms with Crippen molar-refractivity contribution in [1.82, 2.24) is 10.3 Å². The van der Waals surface area contributed by atoms with Crippen LogP contribution in [0, 0.1) is 25.2 Å². The number of carbonyl (C=O) groups is 1. The van der Waals surface area contributed by atoms with Crippen LogP contribution in [0.1, 0.15) is 51.4 Å². The van der Waals surface area contributed by atoms with Crippen molar-refractivity contribution < 1.29 is 24.5 Å². The lowest BCUT2D eigenvalue weighted by Crippen LogP contribution is -2.52. The highest BCUT2D eigenvalue weighted by molar-refractivity contribution is 6.32. The van der Waals surface area contributed by atoms with Crippen LogP contribution in [0.3, 0.4) is 0 Å². The van der Waals surface area contributed by atoms with Gasteiger partial charge in [-0.05, 0) is 95.8 Å². The number of carboxylic acids is 1. The normalized spacial score (nSPS) is 14.7.